The molecule has 0 amide bonds. The van der Waals surface area contributed by atoms with Gasteiger partial charge in [-0.2, -0.15) is 0 Å². The van der Waals surface area contributed by atoms with E-state index in [4.69, 9.17) is 9.84 Å². The molecule has 5 nitrogen and oxygen atoms in total. The van der Waals surface area contributed by atoms with Crippen molar-refractivity contribution in [1.82, 2.24) is 4.57 Å². The minimum Gasteiger partial charge on any atom is -0.480 e. The highest BCUT2D eigenvalue weighted by Gasteiger charge is 1.97. The molecule has 1 aromatic heterocycles. The molecule has 0 atom stereocenters. The van der Waals surface area contributed by atoms with Crippen LogP contribution in [0.4, 0.5) is 0 Å². The Labute approximate surface area is 80.6 Å². The highest BCUT2D eigenvalue weighted by Crippen LogP contribution is 1.83. The standard InChI is InChI=1S/C9H11NO4/c11-8-3-1-2-4-10(8)5-6-14-7-9(12)13/h1-4H,5-7H2,(H,12,13). The maximum absolute atomic E-state index is 11.1. The van der Waals surface area contributed by atoms with Crippen molar-refractivity contribution in [3.8, 4) is 0 Å². The van der Waals surface area contributed by atoms with Gasteiger partial charge >= 0.3 is 5.97 Å². The average molecular weight is 197 g/mol. The van der Waals surface area contributed by atoms with Gasteiger partial charge in [-0.3, -0.25) is 4.79 Å². The lowest BCUT2D eigenvalue weighted by Crippen LogP contribution is -2.21. The van der Waals surface area contributed by atoms with E-state index in [9.17, 15) is 9.59 Å². The number of aliphatic carboxylic acids is 1. The van der Waals surface area contributed by atoms with E-state index in [1.165, 1.54) is 10.6 Å². The van der Waals surface area contributed by atoms with Gasteiger partial charge in [-0.15, -0.1) is 0 Å². The van der Waals surface area contributed by atoms with Crippen molar-refractivity contribution in [2.24, 2.45) is 0 Å². The minimum atomic E-state index is -1.01. The van der Waals surface area contributed by atoms with E-state index in [0.717, 1.165) is 0 Å². The largest absolute Gasteiger partial charge is 0.480 e. The Balaban J connectivity index is 2.35. The molecule has 1 aromatic rings. The maximum atomic E-state index is 11.1. The van der Waals surface area contributed by atoms with E-state index in [1.54, 1.807) is 18.3 Å². The van der Waals surface area contributed by atoms with Gasteiger partial charge in [0.25, 0.3) is 5.56 Å². The monoisotopic (exact) mass is 197 g/mol. The van der Waals surface area contributed by atoms with Gasteiger partial charge in [-0.1, -0.05) is 6.07 Å². The van der Waals surface area contributed by atoms with Crippen molar-refractivity contribution in [2.45, 2.75) is 6.54 Å². The molecule has 0 radical (unpaired) electrons. The second-order valence-electron chi connectivity index (χ2n) is 2.68. The van der Waals surface area contributed by atoms with Gasteiger partial charge in [0, 0.05) is 18.8 Å². The molecule has 0 spiro atoms. The number of carboxylic acids is 1. The van der Waals surface area contributed by atoms with Gasteiger partial charge in [-0.25, -0.2) is 4.79 Å². The summed E-state index contributed by atoms with van der Waals surface area (Å²) in [6.07, 6.45) is 1.63. The molecular formula is C9H11NO4. The number of aromatic nitrogens is 1. The smallest absolute Gasteiger partial charge is 0.329 e. The van der Waals surface area contributed by atoms with Crippen molar-refractivity contribution in [2.75, 3.05) is 13.2 Å². The summed E-state index contributed by atoms with van der Waals surface area (Å²) in [6.45, 7) is 0.255. The fourth-order valence-corrected chi connectivity index (χ4v) is 0.968. The second kappa shape index (κ2) is 5.18. The third kappa shape index (κ3) is 3.40. The summed E-state index contributed by atoms with van der Waals surface area (Å²) in [6, 6.07) is 4.83. The summed E-state index contributed by atoms with van der Waals surface area (Å²) in [4.78, 5) is 21.2. The summed E-state index contributed by atoms with van der Waals surface area (Å²) in [5.41, 5.74) is -0.119. The lowest BCUT2D eigenvalue weighted by atomic mass is 10.4. The Morgan fingerprint density at radius 3 is 2.93 bits per heavy atom. The first-order valence-corrected chi connectivity index (χ1v) is 4.15. The van der Waals surface area contributed by atoms with Crippen molar-refractivity contribution < 1.29 is 14.6 Å². The minimum absolute atomic E-state index is 0.119. The van der Waals surface area contributed by atoms with Crippen LogP contribution in [0, 0.1) is 0 Å². The Morgan fingerprint density at radius 1 is 1.50 bits per heavy atom. The molecule has 0 saturated heterocycles. The molecule has 0 aliphatic carbocycles. The van der Waals surface area contributed by atoms with Gasteiger partial charge in [0.1, 0.15) is 6.61 Å². The van der Waals surface area contributed by atoms with Crippen LogP contribution < -0.4 is 5.56 Å². The quantitative estimate of drug-likeness (QED) is 0.672. The molecule has 0 aliphatic rings. The number of hydrogen-bond acceptors (Lipinski definition) is 3. The molecule has 1 heterocycles. The van der Waals surface area contributed by atoms with Gasteiger partial charge in [-0.05, 0) is 6.07 Å². The molecule has 0 aromatic carbocycles. The second-order valence-corrected chi connectivity index (χ2v) is 2.68. The van der Waals surface area contributed by atoms with Crippen LogP contribution in [0.25, 0.3) is 0 Å². The fraction of sp³-hybridized carbons (Fsp3) is 0.333. The Bertz CT molecular complexity index is 358. The van der Waals surface area contributed by atoms with E-state index in [0.29, 0.717) is 6.54 Å². The molecule has 0 fully saturated rings. The summed E-state index contributed by atoms with van der Waals surface area (Å²) in [5, 5.41) is 8.27. The van der Waals surface area contributed by atoms with Crippen LogP contribution in [0.15, 0.2) is 29.2 Å². The van der Waals surface area contributed by atoms with Crippen LogP contribution in [0.5, 0.6) is 0 Å². The number of pyridine rings is 1. The SMILES string of the molecule is O=C(O)COCCn1ccccc1=O. The number of hydrogen-bond donors (Lipinski definition) is 1. The first-order chi connectivity index (χ1) is 6.70. The number of nitrogens with zero attached hydrogens (tertiary/aromatic N) is 1. The molecule has 76 valence electrons. The van der Waals surface area contributed by atoms with E-state index in [1.807, 2.05) is 0 Å². The summed E-state index contributed by atoms with van der Waals surface area (Å²) >= 11 is 0. The maximum Gasteiger partial charge on any atom is 0.329 e. The molecule has 1 rings (SSSR count). The summed E-state index contributed by atoms with van der Waals surface area (Å²) in [5.74, 6) is -1.01. The van der Waals surface area contributed by atoms with Gasteiger partial charge in [0.05, 0.1) is 6.61 Å². The zero-order chi connectivity index (χ0) is 10.4. The van der Waals surface area contributed by atoms with Crippen molar-refractivity contribution in [3.63, 3.8) is 0 Å². The van der Waals surface area contributed by atoms with Gasteiger partial charge < -0.3 is 14.4 Å². The predicted octanol–water partition coefficient (Wildman–Crippen LogP) is -0.0505. The first-order valence-electron chi connectivity index (χ1n) is 4.15. The van der Waals surface area contributed by atoms with Gasteiger partial charge in [0.15, 0.2) is 0 Å². The molecule has 0 saturated carbocycles. The van der Waals surface area contributed by atoms with E-state index in [-0.39, 0.29) is 18.8 Å². The normalized spacial score (nSPS) is 10.0. The van der Waals surface area contributed by atoms with Crippen LogP contribution in [0.2, 0.25) is 0 Å². The average Bonchev–Trinajstić information content (AvgIpc) is 2.15. The van der Waals surface area contributed by atoms with Crippen molar-refractivity contribution in [3.05, 3.63) is 34.7 Å². The summed E-state index contributed by atoms with van der Waals surface area (Å²) < 4.78 is 6.25. The van der Waals surface area contributed by atoms with Crippen LogP contribution >= 0.6 is 0 Å². The zero-order valence-corrected chi connectivity index (χ0v) is 7.55. The number of carboxylic acid groups (broad SMARTS) is 1. The van der Waals surface area contributed by atoms with Crippen molar-refractivity contribution in [1.29, 1.82) is 0 Å². The van der Waals surface area contributed by atoms with Crippen molar-refractivity contribution >= 4 is 5.97 Å². The summed E-state index contributed by atoms with van der Waals surface area (Å²) in [7, 11) is 0. The Morgan fingerprint density at radius 2 is 2.29 bits per heavy atom. The molecule has 14 heavy (non-hydrogen) atoms. The molecule has 0 aliphatic heterocycles. The number of carbonyl (C=O) groups is 1. The lowest BCUT2D eigenvalue weighted by Gasteiger charge is -2.04. The van der Waals surface area contributed by atoms with Gasteiger partial charge in [0.2, 0.25) is 0 Å². The van der Waals surface area contributed by atoms with E-state index in [2.05, 4.69) is 0 Å². The topological polar surface area (TPSA) is 68.5 Å². The van der Waals surface area contributed by atoms with Crippen LogP contribution in [-0.2, 0) is 16.1 Å². The molecule has 0 bridgehead atoms. The zero-order valence-electron chi connectivity index (χ0n) is 7.55. The fourth-order valence-electron chi connectivity index (χ4n) is 0.968. The number of ether oxygens (including phenoxy) is 1. The van der Waals surface area contributed by atoms with Crippen LogP contribution in [0.1, 0.15) is 0 Å². The van der Waals surface area contributed by atoms with E-state index >= 15 is 0 Å². The van der Waals surface area contributed by atoms with Crippen LogP contribution in [-0.4, -0.2) is 28.9 Å². The van der Waals surface area contributed by atoms with E-state index < -0.39 is 5.97 Å². The third-order valence-corrected chi connectivity index (χ3v) is 1.60. The predicted molar refractivity (Wildman–Crippen MR) is 49.2 cm³/mol. The highest BCUT2D eigenvalue weighted by molar-refractivity contribution is 5.67. The number of rotatable bonds is 5. The first kappa shape index (κ1) is 10.5. The third-order valence-electron chi connectivity index (χ3n) is 1.60. The Kier molecular flexibility index (Phi) is 3.87. The molecule has 0 unspecified atom stereocenters. The Hall–Kier alpha value is -1.62. The highest BCUT2D eigenvalue weighted by atomic mass is 16.5. The molecule has 1 N–H and O–H groups in total. The molecular weight excluding hydrogens is 186 g/mol. The van der Waals surface area contributed by atoms with Crippen LogP contribution in [0.3, 0.4) is 0 Å². The molecule has 5 heteroatoms. The lowest BCUT2D eigenvalue weighted by molar-refractivity contribution is -0.142.